The minimum absolute atomic E-state index is 0.544. The Morgan fingerprint density at radius 1 is 1.47 bits per heavy atom. The summed E-state index contributed by atoms with van der Waals surface area (Å²) in [7, 11) is 0. The lowest BCUT2D eigenvalue weighted by atomic mass is 10.3. The van der Waals surface area contributed by atoms with E-state index in [1.54, 1.807) is 0 Å². The van der Waals surface area contributed by atoms with Gasteiger partial charge in [-0.3, -0.25) is 5.43 Å². The van der Waals surface area contributed by atoms with E-state index in [1.807, 2.05) is 18.2 Å². The third-order valence-electron chi connectivity index (χ3n) is 2.69. The van der Waals surface area contributed by atoms with E-state index in [9.17, 15) is 0 Å². The smallest absolute Gasteiger partial charge is 0.218 e. The molecule has 0 atom stereocenters. The number of aromatic nitrogens is 2. The van der Waals surface area contributed by atoms with Gasteiger partial charge in [0.15, 0.2) is 0 Å². The second-order valence-corrected chi connectivity index (χ2v) is 4.25. The van der Waals surface area contributed by atoms with Gasteiger partial charge in [0.25, 0.3) is 0 Å². The van der Waals surface area contributed by atoms with E-state index in [0.29, 0.717) is 11.1 Å². The molecule has 0 aliphatic heterocycles. The highest BCUT2D eigenvalue weighted by molar-refractivity contribution is 6.31. The summed E-state index contributed by atoms with van der Waals surface area (Å²) in [5, 5.41) is 0.700. The Kier molecular flexibility index (Phi) is 1.87. The topological polar surface area (TPSA) is 55.9 Å². The number of fused-ring (bicyclic) bond motifs is 1. The molecule has 1 aliphatic rings. The highest BCUT2D eigenvalue weighted by Crippen LogP contribution is 2.40. The summed E-state index contributed by atoms with van der Waals surface area (Å²) in [6.45, 7) is 0. The number of anilines is 1. The average Bonchev–Trinajstić information content (AvgIpc) is 2.99. The monoisotopic (exact) mass is 222 g/mol. The Hall–Kier alpha value is -1.26. The summed E-state index contributed by atoms with van der Waals surface area (Å²) in [6, 6.07) is 6.27. The van der Waals surface area contributed by atoms with Crippen molar-refractivity contribution in [1.29, 1.82) is 0 Å². The van der Waals surface area contributed by atoms with E-state index >= 15 is 0 Å². The van der Waals surface area contributed by atoms with Crippen molar-refractivity contribution in [2.45, 2.75) is 18.9 Å². The molecule has 0 bridgehead atoms. The fourth-order valence-corrected chi connectivity index (χ4v) is 2.04. The second-order valence-electron chi connectivity index (χ2n) is 3.81. The quantitative estimate of drug-likeness (QED) is 0.606. The fourth-order valence-electron chi connectivity index (χ4n) is 1.88. The van der Waals surface area contributed by atoms with E-state index in [-0.39, 0.29) is 0 Å². The van der Waals surface area contributed by atoms with Gasteiger partial charge < -0.3 is 4.57 Å². The Bertz CT molecular complexity index is 515. The SMILES string of the molecule is NNc1nc2cc(Cl)ccc2n1C1CC1. The summed E-state index contributed by atoms with van der Waals surface area (Å²) in [5.74, 6) is 6.17. The Balaban J connectivity index is 2.28. The molecule has 5 heteroatoms. The zero-order valence-corrected chi connectivity index (χ0v) is 8.83. The molecule has 0 radical (unpaired) electrons. The van der Waals surface area contributed by atoms with Crippen LogP contribution in [-0.2, 0) is 0 Å². The van der Waals surface area contributed by atoms with Gasteiger partial charge in [-0.1, -0.05) is 11.6 Å². The molecule has 1 saturated carbocycles. The summed E-state index contributed by atoms with van der Waals surface area (Å²) >= 11 is 5.92. The summed E-state index contributed by atoms with van der Waals surface area (Å²) in [4.78, 5) is 4.40. The van der Waals surface area contributed by atoms with Crippen LogP contribution in [0.5, 0.6) is 0 Å². The van der Waals surface area contributed by atoms with Gasteiger partial charge in [-0.15, -0.1) is 0 Å². The Labute approximate surface area is 92.0 Å². The van der Waals surface area contributed by atoms with Gasteiger partial charge >= 0.3 is 0 Å². The van der Waals surface area contributed by atoms with Crippen LogP contribution in [0.4, 0.5) is 5.95 Å². The fraction of sp³-hybridized carbons (Fsp3) is 0.300. The zero-order chi connectivity index (χ0) is 10.4. The third-order valence-corrected chi connectivity index (χ3v) is 2.93. The van der Waals surface area contributed by atoms with Gasteiger partial charge in [-0.25, -0.2) is 10.8 Å². The number of benzene rings is 1. The molecular formula is C10H11ClN4. The van der Waals surface area contributed by atoms with Crippen LogP contribution in [0.1, 0.15) is 18.9 Å². The first-order valence-corrected chi connectivity index (χ1v) is 5.31. The lowest BCUT2D eigenvalue weighted by Gasteiger charge is -2.05. The number of halogens is 1. The van der Waals surface area contributed by atoms with E-state index in [1.165, 1.54) is 12.8 Å². The Morgan fingerprint density at radius 2 is 2.27 bits per heavy atom. The highest BCUT2D eigenvalue weighted by atomic mass is 35.5. The molecule has 0 saturated heterocycles. The molecule has 0 amide bonds. The zero-order valence-electron chi connectivity index (χ0n) is 8.07. The van der Waals surface area contributed by atoms with Gasteiger partial charge in [-0.2, -0.15) is 0 Å². The minimum atomic E-state index is 0.544. The number of rotatable bonds is 2. The van der Waals surface area contributed by atoms with Crippen molar-refractivity contribution in [3.8, 4) is 0 Å². The number of nitrogens with two attached hydrogens (primary N) is 1. The van der Waals surface area contributed by atoms with Crippen molar-refractivity contribution in [2.75, 3.05) is 5.43 Å². The molecule has 0 unspecified atom stereocenters. The number of hydrogen-bond donors (Lipinski definition) is 2. The van der Waals surface area contributed by atoms with Crippen LogP contribution < -0.4 is 11.3 Å². The lowest BCUT2D eigenvalue weighted by Crippen LogP contribution is -2.12. The normalized spacial score (nSPS) is 15.9. The Morgan fingerprint density at radius 3 is 2.93 bits per heavy atom. The van der Waals surface area contributed by atoms with Crippen molar-refractivity contribution in [1.82, 2.24) is 9.55 Å². The van der Waals surface area contributed by atoms with Crippen molar-refractivity contribution in [3.63, 3.8) is 0 Å². The van der Waals surface area contributed by atoms with Gasteiger partial charge in [0.2, 0.25) is 5.95 Å². The lowest BCUT2D eigenvalue weighted by molar-refractivity contribution is 0.770. The number of hydrogen-bond acceptors (Lipinski definition) is 3. The van der Waals surface area contributed by atoms with Crippen LogP contribution >= 0.6 is 11.6 Å². The van der Waals surface area contributed by atoms with Crippen LogP contribution in [0.25, 0.3) is 11.0 Å². The molecule has 1 aromatic carbocycles. The second kappa shape index (κ2) is 3.12. The van der Waals surface area contributed by atoms with Gasteiger partial charge in [0.1, 0.15) is 0 Å². The van der Waals surface area contributed by atoms with Crippen LogP contribution in [0, 0.1) is 0 Å². The number of hydrazine groups is 1. The van der Waals surface area contributed by atoms with Gasteiger partial charge in [0, 0.05) is 11.1 Å². The molecule has 0 spiro atoms. The molecule has 1 aromatic heterocycles. The van der Waals surface area contributed by atoms with Gasteiger partial charge in [0.05, 0.1) is 11.0 Å². The first-order chi connectivity index (χ1) is 7.29. The number of imidazole rings is 1. The number of nitrogens with zero attached hydrogens (tertiary/aromatic N) is 2. The first-order valence-electron chi connectivity index (χ1n) is 4.93. The third kappa shape index (κ3) is 1.37. The van der Waals surface area contributed by atoms with Crippen molar-refractivity contribution in [3.05, 3.63) is 23.2 Å². The summed E-state index contributed by atoms with van der Waals surface area (Å²) < 4.78 is 2.14. The van der Waals surface area contributed by atoms with E-state index in [2.05, 4.69) is 15.0 Å². The van der Waals surface area contributed by atoms with Crippen LogP contribution in [0.3, 0.4) is 0 Å². The predicted molar refractivity (Wildman–Crippen MR) is 60.8 cm³/mol. The molecule has 4 nitrogen and oxygen atoms in total. The molecular weight excluding hydrogens is 212 g/mol. The van der Waals surface area contributed by atoms with Crippen LogP contribution in [0.2, 0.25) is 5.02 Å². The predicted octanol–water partition coefficient (Wildman–Crippen LogP) is 2.31. The maximum Gasteiger partial charge on any atom is 0.218 e. The van der Waals surface area contributed by atoms with E-state index in [0.717, 1.165) is 17.0 Å². The van der Waals surface area contributed by atoms with Crippen molar-refractivity contribution >= 4 is 28.6 Å². The largest absolute Gasteiger partial charge is 0.306 e. The van der Waals surface area contributed by atoms with Gasteiger partial charge in [-0.05, 0) is 31.0 Å². The van der Waals surface area contributed by atoms with E-state index in [4.69, 9.17) is 17.4 Å². The van der Waals surface area contributed by atoms with E-state index < -0.39 is 0 Å². The van der Waals surface area contributed by atoms with Crippen LogP contribution in [-0.4, -0.2) is 9.55 Å². The number of nitrogens with one attached hydrogen (secondary N) is 1. The average molecular weight is 223 g/mol. The molecule has 78 valence electrons. The molecule has 3 N–H and O–H groups in total. The molecule has 1 aliphatic carbocycles. The molecule has 2 aromatic rings. The maximum absolute atomic E-state index is 5.92. The standard InChI is InChI=1S/C10H11ClN4/c11-6-1-4-9-8(5-6)13-10(14-12)15(9)7-2-3-7/h1,4-5,7H,2-3,12H2,(H,13,14). The summed E-state index contributed by atoms with van der Waals surface area (Å²) in [5.41, 5.74) is 4.62. The first kappa shape index (κ1) is 9.00. The van der Waals surface area contributed by atoms with Crippen molar-refractivity contribution < 1.29 is 0 Å². The molecule has 3 rings (SSSR count). The molecule has 15 heavy (non-hydrogen) atoms. The molecule has 1 heterocycles. The highest BCUT2D eigenvalue weighted by Gasteiger charge is 2.27. The van der Waals surface area contributed by atoms with Crippen molar-refractivity contribution in [2.24, 2.45) is 5.84 Å². The number of nitrogen functional groups attached to an aromatic ring is 1. The van der Waals surface area contributed by atoms with Crippen LogP contribution in [0.15, 0.2) is 18.2 Å². The maximum atomic E-state index is 5.92. The molecule has 1 fully saturated rings. The summed E-state index contributed by atoms with van der Waals surface area (Å²) in [6.07, 6.45) is 2.39. The minimum Gasteiger partial charge on any atom is -0.306 e.